The van der Waals surface area contributed by atoms with Gasteiger partial charge in [0.05, 0.1) is 12.1 Å². The highest BCUT2D eigenvalue weighted by Crippen LogP contribution is 2.18. The molecule has 1 amide bonds. The van der Waals surface area contributed by atoms with Crippen LogP contribution in [0.3, 0.4) is 0 Å². The minimum atomic E-state index is -0.0819. The van der Waals surface area contributed by atoms with Crippen LogP contribution in [0.1, 0.15) is 13.8 Å². The summed E-state index contributed by atoms with van der Waals surface area (Å²) >= 11 is 1.74. The first-order chi connectivity index (χ1) is 8.65. The van der Waals surface area contributed by atoms with Crippen LogP contribution in [0.25, 0.3) is 0 Å². The predicted octanol–water partition coefficient (Wildman–Crippen LogP) is 2.50. The van der Waals surface area contributed by atoms with E-state index >= 15 is 0 Å². The topological polar surface area (TPSA) is 50.4 Å². The molecule has 1 atom stereocenters. The van der Waals surface area contributed by atoms with E-state index < -0.39 is 0 Å². The van der Waals surface area contributed by atoms with Crippen molar-refractivity contribution in [2.24, 2.45) is 0 Å². The Kier molecular flexibility index (Phi) is 6.48. The number of amides is 1. The second kappa shape index (κ2) is 7.62. The number of carbonyl (C=O) groups is 1. The van der Waals surface area contributed by atoms with Crippen molar-refractivity contribution in [3.63, 3.8) is 0 Å². The molecule has 0 saturated carbocycles. The number of benzene rings is 1. The van der Waals surface area contributed by atoms with E-state index in [4.69, 9.17) is 4.74 Å². The number of hydrogen-bond acceptors (Lipinski definition) is 4. The summed E-state index contributed by atoms with van der Waals surface area (Å²) in [6, 6.07) is 7.37. The summed E-state index contributed by atoms with van der Waals surface area (Å²) < 4.78 is 5.55. The highest BCUT2D eigenvalue weighted by molar-refractivity contribution is 7.99. The Bertz CT molecular complexity index is 406. The molecule has 0 spiro atoms. The van der Waals surface area contributed by atoms with Gasteiger partial charge in [-0.05, 0) is 38.1 Å². The Morgan fingerprint density at radius 1 is 1.42 bits per heavy atom. The zero-order valence-electron chi connectivity index (χ0n) is 11.0. The smallest absolute Gasteiger partial charge is 0.242 e. The Balaban J connectivity index is 0.00000180. The maximum Gasteiger partial charge on any atom is 0.242 e. The molecule has 106 valence electrons. The minimum absolute atomic E-state index is 0. The van der Waals surface area contributed by atoms with Crippen molar-refractivity contribution >= 4 is 35.8 Å². The van der Waals surface area contributed by atoms with Gasteiger partial charge in [-0.15, -0.1) is 24.2 Å². The second-order valence-electron chi connectivity index (χ2n) is 4.45. The van der Waals surface area contributed by atoms with Gasteiger partial charge >= 0.3 is 0 Å². The van der Waals surface area contributed by atoms with E-state index in [9.17, 15) is 4.79 Å². The van der Waals surface area contributed by atoms with Crippen LogP contribution < -0.4 is 15.4 Å². The molecule has 1 heterocycles. The summed E-state index contributed by atoms with van der Waals surface area (Å²) in [6.45, 7) is 3.97. The molecule has 1 fully saturated rings. The Morgan fingerprint density at radius 3 is 2.63 bits per heavy atom. The van der Waals surface area contributed by atoms with Gasteiger partial charge in [-0.3, -0.25) is 10.1 Å². The van der Waals surface area contributed by atoms with Gasteiger partial charge in [-0.1, -0.05) is 0 Å². The number of rotatable bonds is 4. The molecule has 0 aliphatic carbocycles. The Labute approximate surface area is 124 Å². The van der Waals surface area contributed by atoms with E-state index in [2.05, 4.69) is 10.6 Å². The summed E-state index contributed by atoms with van der Waals surface area (Å²) in [6.07, 6.45) is 0.158. The summed E-state index contributed by atoms with van der Waals surface area (Å²) in [5.74, 6) is 2.52. The quantitative estimate of drug-likeness (QED) is 0.897. The van der Waals surface area contributed by atoms with Crippen LogP contribution in [0.5, 0.6) is 5.75 Å². The lowest BCUT2D eigenvalue weighted by Gasteiger charge is -2.12. The van der Waals surface area contributed by atoms with E-state index in [1.54, 1.807) is 11.8 Å². The molecule has 4 nitrogen and oxygen atoms in total. The van der Waals surface area contributed by atoms with Crippen molar-refractivity contribution in [1.29, 1.82) is 0 Å². The van der Waals surface area contributed by atoms with Gasteiger partial charge in [0.2, 0.25) is 5.91 Å². The van der Waals surface area contributed by atoms with E-state index in [1.165, 1.54) is 0 Å². The molecule has 1 saturated heterocycles. The number of ether oxygens (including phenoxy) is 1. The highest BCUT2D eigenvalue weighted by Gasteiger charge is 2.22. The zero-order valence-corrected chi connectivity index (χ0v) is 12.6. The highest BCUT2D eigenvalue weighted by atomic mass is 35.5. The van der Waals surface area contributed by atoms with Crippen molar-refractivity contribution in [1.82, 2.24) is 5.32 Å². The number of thioether (sulfide) groups is 1. The van der Waals surface area contributed by atoms with Crippen molar-refractivity contribution in [2.45, 2.75) is 26.0 Å². The van der Waals surface area contributed by atoms with Gasteiger partial charge < -0.3 is 10.1 Å². The number of carbonyl (C=O) groups excluding carboxylic acids is 1. The first kappa shape index (κ1) is 16.1. The van der Waals surface area contributed by atoms with E-state index in [1.807, 2.05) is 38.1 Å². The fourth-order valence-corrected chi connectivity index (χ4v) is 2.62. The largest absolute Gasteiger partial charge is 0.491 e. The molecule has 0 bridgehead atoms. The molecular formula is C13H19ClN2O2S. The average Bonchev–Trinajstić information content (AvgIpc) is 2.84. The van der Waals surface area contributed by atoms with Crippen LogP contribution in [-0.4, -0.2) is 29.7 Å². The first-order valence-electron chi connectivity index (χ1n) is 6.04. The molecule has 2 N–H and O–H groups in total. The standard InChI is InChI=1S/C13H18N2O2S.ClH/c1-9(2)17-11-5-3-10(4-6-11)15-13(16)12-7-18-8-14-12;/h3-6,9,12,14H,7-8H2,1-2H3,(H,15,16);1H. The van der Waals surface area contributed by atoms with Crippen molar-refractivity contribution < 1.29 is 9.53 Å². The Morgan fingerprint density at radius 2 is 2.11 bits per heavy atom. The summed E-state index contributed by atoms with van der Waals surface area (Å²) in [4.78, 5) is 11.9. The van der Waals surface area contributed by atoms with Crippen molar-refractivity contribution in [3.05, 3.63) is 24.3 Å². The normalized spacial score (nSPS) is 17.9. The molecule has 1 aliphatic heterocycles. The van der Waals surface area contributed by atoms with Crippen LogP contribution in [0.4, 0.5) is 5.69 Å². The number of nitrogens with one attached hydrogen (secondary N) is 2. The number of halogens is 1. The van der Waals surface area contributed by atoms with E-state index in [0.717, 1.165) is 23.1 Å². The summed E-state index contributed by atoms with van der Waals surface area (Å²) in [5, 5.41) is 6.03. The summed E-state index contributed by atoms with van der Waals surface area (Å²) in [5.41, 5.74) is 0.801. The first-order valence-corrected chi connectivity index (χ1v) is 7.19. The van der Waals surface area contributed by atoms with Gasteiger partial charge in [-0.2, -0.15) is 0 Å². The monoisotopic (exact) mass is 302 g/mol. The molecule has 1 aromatic carbocycles. The molecule has 2 rings (SSSR count). The number of anilines is 1. The average molecular weight is 303 g/mol. The number of hydrogen-bond donors (Lipinski definition) is 2. The second-order valence-corrected chi connectivity index (χ2v) is 5.48. The van der Waals surface area contributed by atoms with Crippen LogP contribution >= 0.6 is 24.2 Å². The van der Waals surface area contributed by atoms with Gasteiger partial charge in [0.15, 0.2) is 0 Å². The molecule has 0 radical (unpaired) electrons. The molecule has 1 aromatic rings. The van der Waals surface area contributed by atoms with E-state index in [0.29, 0.717) is 0 Å². The third-order valence-electron chi connectivity index (χ3n) is 2.53. The van der Waals surface area contributed by atoms with Crippen LogP contribution in [0.15, 0.2) is 24.3 Å². The summed E-state index contributed by atoms with van der Waals surface area (Å²) in [7, 11) is 0. The fourth-order valence-electron chi connectivity index (χ4n) is 1.68. The maximum absolute atomic E-state index is 11.9. The molecule has 6 heteroatoms. The predicted molar refractivity (Wildman–Crippen MR) is 82.3 cm³/mol. The third-order valence-corrected chi connectivity index (χ3v) is 3.47. The molecule has 1 aliphatic rings. The lowest BCUT2D eigenvalue weighted by molar-refractivity contribution is -0.117. The van der Waals surface area contributed by atoms with Gasteiger partial charge in [0.25, 0.3) is 0 Å². The van der Waals surface area contributed by atoms with Crippen LogP contribution in [0.2, 0.25) is 0 Å². The maximum atomic E-state index is 11.9. The van der Waals surface area contributed by atoms with Crippen molar-refractivity contribution in [2.75, 3.05) is 16.9 Å². The lowest BCUT2D eigenvalue weighted by atomic mass is 10.2. The van der Waals surface area contributed by atoms with Gasteiger partial charge in [-0.25, -0.2) is 0 Å². The fraction of sp³-hybridized carbons (Fsp3) is 0.462. The molecule has 0 aromatic heterocycles. The van der Waals surface area contributed by atoms with Crippen LogP contribution in [0, 0.1) is 0 Å². The van der Waals surface area contributed by atoms with Crippen LogP contribution in [-0.2, 0) is 4.79 Å². The third kappa shape index (κ3) is 4.93. The lowest BCUT2D eigenvalue weighted by Crippen LogP contribution is -2.37. The molecule has 19 heavy (non-hydrogen) atoms. The van der Waals surface area contributed by atoms with Gasteiger partial charge in [0.1, 0.15) is 5.75 Å². The van der Waals surface area contributed by atoms with Gasteiger partial charge in [0, 0.05) is 17.3 Å². The zero-order chi connectivity index (χ0) is 13.0. The molecular weight excluding hydrogens is 284 g/mol. The Hall–Kier alpha value is -0.910. The van der Waals surface area contributed by atoms with E-state index in [-0.39, 0.29) is 30.5 Å². The van der Waals surface area contributed by atoms with Crippen molar-refractivity contribution in [3.8, 4) is 5.75 Å². The minimum Gasteiger partial charge on any atom is -0.491 e. The molecule has 1 unspecified atom stereocenters. The SMILES string of the molecule is CC(C)Oc1ccc(NC(=O)C2CSCN2)cc1.Cl.